The highest BCUT2D eigenvalue weighted by molar-refractivity contribution is 7.81. The van der Waals surface area contributed by atoms with Crippen molar-refractivity contribution in [3.63, 3.8) is 0 Å². The van der Waals surface area contributed by atoms with Crippen LogP contribution in [0.2, 0.25) is 5.02 Å². The fourth-order valence-electron chi connectivity index (χ4n) is 1.44. The minimum absolute atomic E-state index is 0.534. The number of nitrogens with one attached hydrogen (secondary N) is 1. The van der Waals surface area contributed by atoms with E-state index < -0.39 is 0 Å². The lowest BCUT2D eigenvalue weighted by Crippen LogP contribution is -2.11. The summed E-state index contributed by atoms with van der Waals surface area (Å²) < 4.78 is 5.08. The minimum Gasteiger partial charge on any atom is -0.495 e. The number of pyridine rings is 1. The summed E-state index contributed by atoms with van der Waals surface area (Å²) in [6.45, 7) is 0. The molecule has 0 radical (unpaired) electrons. The molecule has 0 bridgehead atoms. The van der Waals surface area contributed by atoms with E-state index in [4.69, 9.17) is 28.6 Å². The molecule has 92 valence electrons. The van der Waals surface area contributed by atoms with Crippen LogP contribution in [0.15, 0.2) is 42.6 Å². The van der Waals surface area contributed by atoms with Gasteiger partial charge in [-0.1, -0.05) is 29.9 Å². The van der Waals surface area contributed by atoms with Crippen molar-refractivity contribution in [2.45, 2.75) is 0 Å². The number of anilines is 1. The molecular weight excluding hydrogens is 268 g/mol. The Balaban J connectivity index is 2.15. The van der Waals surface area contributed by atoms with Crippen LogP contribution in [0, 0.1) is 0 Å². The summed E-state index contributed by atoms with van der Waals surface area (Å²) in [7, 11) is 1.58. The third kappa shape index (κ3) is 2.97. The number of nitrogens with zero attached hydrogens (tertiary/aromatic N) is 1. The second-order valence-corrected chi connectivity index (χ2v) is 4.33. The van der Waals surface area contributed by atoms with Crippen LogP contribution in [0.4, 0.5) is 5.69 Å². The monoisotopic (exact) mass is 278 g/mol. The first-order chi connectivity index (χ1) is 8.70. The van der Waals surface area contributed by atoms with E-state index in [-0.39, 0.29) is 0 Å². The van der Waals surface area contributed by atoms with Gasteiger partial charge in [-0.2, -0.15) is 0 Å². The average Bonchev–Trinajstić information content (AvgIpc) is 2.40. The second-order valence-electron chi connectivity index (χ2n) is 3.52. The highest BCUT2D eigenvalue weighted by Gasteiger charge is 2.05. The van der Waals surface area contributed by atoms with Crippen LogP contribution in [-0.4, -0.2) is 17.1 Å². The van der Waals surface area contributed by atoms with Crippen LogP contribution in [0.1, 0.15) is 5.69 Å². The number of ether oxygens (including phenoxy) is 1. The van der Waals surface area contributed by atoms with Crippen LogP contribution < -0.4 is 10.1 Å². The van der Waals surface area contributed by atoms with Crippen LogP contribution in [0.5, 0.6) is 5.75 Å². The summed E-state index contributed by atoms with van der Waals surface area (Å²) >= 11 is 11.3. The molecule has 0 aliphatic rings. The number of benzene rings is 1. The highest BCUT2D eigenvalue weighted by atomic mass is 35.5. The van der Waals surface area contributed by atoms with E-state index in [0.717, 1.165) is 11.4 Å². The average molecular weight is 279 g/mol. The molecule has 2 rings (SSSR count). The molecule has 0 amide bonds. The predicted molar refractivity (Wildman–Crippen MR) is 77.6 cm³/mol. The Kier molecular flexibility index (Phi) is 4.12. The molecule has 1 heterocycles. The van der Waals surface area contributed by atoms with Crippen molar-refractivity contribution in [3.8, 4) is 5.75 Å². The molecule has 0 saturated heterocycles. The lowest BCUT2D eigenvalue weighted by molar-refractivity contribution is 0.415. The number of aromatic nitrogens is 1. The van der Waals surface area contributed by atoms with Crippen molar-refractivity contribution in [1.82, 2.24) is 4.98 Å². The summed E-state index contributed by atoms with van der Waals surface area (Å²) in [6.07, 6.45) is 1.70. The van der Waals surface area contributed by atoms with Gasteiger partial charge in [0.1, 0.15) is 10.7 Å². The summed E-state index contributed by atoms with van der Waals surface area (Å²) in [5.41, 5.74) is 1.52. The van der Waals surface area contributed by atoms with Gasteiger partial charge in [-0.15, -0.1) is 0 Å². The van der Waals surface area contributed by atoms with Gasteiger partial charge in [0.15, 0.2) is 0 Å². The molecule has 2 aromatic rings. The van der Waals surface area contributed by atoms with E-state index >= 15 is 0 Å². The fraction of sp³-hybridized carbons (Fsp3) is 0.0769. The zero-order valence-electron chi connectivity index (χ0n) is 9.68. The summed E-state index contributed by atoms with van der Waals surface area (Å²) in [4.78, 5) is 4.72. The van der Waals surface area contributed by atoms with Crippen LogP contribution in [-0.2, 0) is 0 Å². The Hall–Kier alpha value is -1.65. The first-order valence-corrected chi connectivity index (χ1v) is 6.05. The maximum Gasteiger partial charge on any atom is 0.137 e. The molecule has 0 spiro atoms. The van der Waals surface area contributed by atoms with Gasteiger partial charge < -0.3 is 10.1 Å². The maximum atomic E-state index is 6.04. The Morgan fingerprint density at radius 1 is 1.33 bits per heavy atom. The van der Waals surface area contributed by atoms with Gasteiger partial charge in [0, 0.05) is 11.9 Å². The van der Waals surface area contributed by atoms with E-state index in [1.54, 1.807) is 25.4 Å². The maximum absolute atomic E-state index is 6.04. The largest absolute Gasteiger partial charge is 0.495 e. The van der Waals surface area contributed by atoms with E-state index in [9.17, 15) is 0 Å². The molecule has 0 saturated carbocycles. The van der Waals surface area contributed by atoms with Crippen LogP contribution >= 0.6 is 23.8 Å². The normalized spacial score (nSPS) is 9.89. The topological polar surface area (TPSA) is 34.1 Å². The number of methoxy groups -OCH3 is 1. The highest BCUT2D eigenvalue weighted by Crippen LogP contribution is 2.27. The molecule has 0 aliphatic heterocycles. The predicted octanol–water partition coefficient (Wildman–Crippen LogP) is 3.53. The smallest absolute Gasteiger partial charge is 0.137 e. The zero-order chi connectivity index (χ0) is 13.0. The van der Waals surface area contributed by atoms with Crippen LogP contribution in [0.25, 0.3) is 0 Å². The molecule has 5 heteroatoms. The van der Waals surface area contributed by atoms with Crippen molar-refractivity contribution in [3.05, 3.63) is 53.3 Å². The third-order valence-corrected chi connectivity index (χ3v) is 2.91. The quantitative estimate of drug-likeness (QED) is 0.871. The summed E-state index contributed by atoms with van der Waals surface area (Å²) in [5.74, 6) is 0.631. The lowest BCUT2D eigenvalue weighted by Gasteiger charge is -2.09. The molecule has 3 nitrogen and oxygen atoms in total. The second kappa shape index (κ2) is 5.80. The van der Waals surface area contributed by atoms with E-state index in [0.29, 0.717) is 15.8 Å². The van der Waals surface area contributed by atoms with E-state index in [2.05, 4.69) is 10.3 Å². The SMILES string of the molecule is COc1ccc(NC(=S)c2ccccn2)cc1Cl. The lowest BCUT2D eigenvalue weighted by atomic mass is 10.3. The van der Waals surface area contributed by atoms with Gasteiger partial charge in [-0.05, 0) is 30.3 Å². The molecule has 18 heavy (non-hydrogen) atoms. The Bertz CT molecular complexity index is 560. The number of thiocarbonyl (C=S) groups is 1. The van der Waals surface area contributed by atoms with Gasteiger partial charge in [-0.3, -0.25) is 4.98 Å². The summed E-state index contributed by atoms with van der Waals surface area (Å²) in [6, 6.07) is 11.0. The van der Waals surface area contributed by atoms with E-state index in [1.807, 2.05) is 24.3 Å². The van der Waals surface area contributed by atoms with Gasteiger partial charge in [0.25, 0.3) is 0 Å². The Morgan fingerprint density at radius 3 is 2.78 bits per heavy atom. The zero-order valence-corrected chi connectivity index (χ0v) is 11.3. The molecule has 0 fully saturated rings. The van der Waals surface area contributed by atoms with Crippen molar-refractivity contribution < 1.29 is 4.74 Å². The third-order valence-electron chi connectivity index (χ3n) is 2.31. The number of hydrogen-bond acceptors (Lipinski definition) is 3. The number of hydrogen-bond donors (Lipinski definition) is 1. The van der Waals surface area contributed by atoms with Gasteiger partial charge >= 0.3 is 0 Å². The summed E-state index contributed by atoms with van der Waals surface area (Å²) in [5, 5.41) is 3.61. The Labute approximate surface area is 116 Å². The standard InChI is InChI=1S/C13H11ClN2OS/c1-17-12-6-5-9(8-10(12)14)16-13(18)11-4-2-3-7-15-11/h2-8H,1H3,(H,16,18). The number of rotatable bonds is 3. The first kappa shape index (κ1) is 12.8. The molecule has 1 aromatic carbocycles. The van der Waals surface area contributed by atoms with Gasteiger partial charge in [0.05, 0.1) is 17.8 Å². The molecule has 0 aliphatic carbocycles. The van der Waals surface area contributed by atoms with E-state index in [1.165, 1.54) is 0 Å². The van der Waals surface area contributed by atoms with Crippen LogP contribution in [0.3, 0.4) is 0 Å². The van der Waals surface area contributed by atoms with Gasteiger partial charge in [-0.25, -0.2) is 0 Å². The molecule has 0 atom stereocenters. The van der Waals surface area contributed by atoms with Crippen molar-refractivity contribution >= 4 is 34.5 Å². The first-order valence-electron chi connectivity index (χ1n) is 5.26. The fourth-order valence-corrected chi connectivity index (χ4v) is 1.93. The van der Waals surface area contributed by atoms with Crippen molar-refractivity contribution in [1.29, 1.82) is 0 Å². The number of halogens is 1. The minimum atomic E-state index is 0.534. The van der Waals surface area contributed by atoms with Gasteiger partial charge in [0.2, 0.25) is 0 Å². The molecule has 1 aromatic heterocycles. The van der Waals surface area contributed by atoms with Crippen molar-refractivity contribution in [2.75, 3.05) is 12.4 Å². The van der Waals surface area contributed by atoms with Crippen molar-refractivity contribution in [2.24, 2.45) is 0 Å². The molecule has 0 unspecified atom stereocenters. The Morgan fingerprint density at radius 2 is 2.17 bits per heavy atom. The molecule has 1 N–H and O–H groups in total. The molecular formula is C13H11ClN2OS.